The standard InChI is InChI=1S/C18H26N2O4S/c1-13(12-25(22,23)17-7-5-16(24-2)6-8-17)18(21)20-14-3-4-15(20)11-19-10-9-14/h5-8,13-15,19H,3-4,9-12H2,1-2H3. The molecular formula is C18H26N2O4S. The van der Waals surface area contributed by atoms with Gasteiger partial charge in [-0.05, 0) is 50.1 Å². The number of benzene rings is 1. The van der Waals surface area contributed by atoms with Crippen molar-refractivity contribution < 1.29 is 17.9 Å². The van der Waals surface area contributed by atoms with E-state index in [2.05, 4.69) is 5.32 Å². The van der Waals surface area contributed by atoms with Crippen LogP contribution in [-0.2, 0) is 14.6 Å². The molecule has 138 valence electrons. The Hall–Kier alpha value is -1.60. The van der Waals surface area contributed by atoms with E-state index < -0.39 is 15.8 Å². The molecule has 2 aliphatic rings. The Labute approximate surface area is 149 Å². The summed E-state index contributed by atoms with van der Waals surface area (Å²) in [5.41, 5.74) is 0. The number of methoxy groups -OCH3 is 1. The molecule has 3 unspecified atom stereocenters. The summed E-state index contributed by atoms with van der Waals surface area (Å²) in [7, 11) is -1.97. The van der Waals surface area contributed by atoms with Crippen LogP contribution in [0.3, 0.4) is 0 Å². The number of ether oxygens (including phenoxy) is 1. The Morgan fingerprint density at radius 2 is 1.92 bits per heavy atom. The zero-order chi connectivity index (χ0) is 18.0. The third-order valence-corrected chi connectivity index (χ3v) is 7.15. The molecule has 1 aromatic carbocycles. The molecule has 1 amide bonds. The van der Waals surface area contributed by atoms with E-state index in [1.807, 2.05) is 4.90 Å². The summed E-state index contributed by atoms with van der Waals surface area (Å²) in [5, 5.41) is 3.36. The van der Waals surface area contributed by atoms with Gasteiger partial charge in [-0.25, -0.2) is 8.42 Å². The van der Waals surface area contributed by atoms with Crippen molar-refractivity contribution in [3.63, 3.8) is 0 Å². The molecule has 1 N–H and O–H groups in total. The second-order valence-corrected chi connectivity index (χ2v) is 9.02. The number of carbonyl (C=O) groups excluding carboxylic acids is 1. The molecule has 2 heterocycles. The number of fused-ring (bicyclic) bond motifs is 2. The maximum Gasteiger partial charge on any atom is 0.226 e. The van der Waals surface area contributed by atoms with E-state index in [0.717, 1.165) is 32.4 Å². The lowest BCUT2D eigenvalue weighted by molar-refractivity contribution is -0.136. The summed E-state index contributed by atoms with van der Waals surface area (Å²) in [6.45, 7) is 3.45. The lowest BCUT2D eigenvalue weighted by Gasteiger charge is -2.30. The molecule has 0 spiro atoms. The smallest absolute Gasteiger partial charge is 0.226 e. The molecule has 1 aromatic rings. The van der Waals surface area contributed by atoms with Gasteiger partial charge in [0.25, 0.3) is 0 Å². The molecule has 2 aliphatic heterocycles. The van der Waals surface area contributed by atoms with Gasteiger partial charge in [-0.3, -0.25) is 4.79 Å². The average molecular weight is 366 g/mol. The Bertz CT molecular complexity index is 703. The Morgan fingerprint density at radius 3 is 2.60 bits per heavy atom. The SMILES string of the molecule is COc1ccc(S(=O)(=O)CC(C)C(=O)N2C3CCNCC2CC3)cc1. The maximum absolute atomic E-state index is 12.9. The molecule has 2 saturated heterocycles. The van der Waals surface area contributed by atoms with E-state index in [4.69, 9.17) is 4.74 Å². The van der Waals surface area contributed by atoms with Crippen LogP contribution in [0.1, 0.15) is 26.2 Å². The van der Waals surface area contributed by atoms with Gasteiger partial charge in [0.2, 0.25) is 5.91 Å². The molecule has 0 saturated carbocycles. The van der Waals surface area contributed by atoms with E-state index in [9.17, 15) is 13.2 Å². The molecule has 7 heteroatoms. The number of nitrogens with zero attached hydrogens (tertiary/aromatic N) is 1. The highest BCUT2D eigenvalue weighted by molar-refractivity contribution is 7.91. The van der Waals surface area contributed by atoms with Gasteiger partial charge in [-0.1, -0.05) is 6.92 Å². The van der Waals surface area contributed by atoms with E-state index in [-0.39, 0.29) is 28.6 Å². The molecule has 3 atom stereocenters. The highest BCUT2D eigenvalue weighted by Gasteiger charge is 2.40. The number of carbonyl (C=O) groups is 1. The van der Waals surface area contributed by atoms with Crippen molar-refractivity contribution in [2.45, 2.75) is 43.2 Å². The zero-order valence-corrected chi connectivity index (χ0v) is 15.6. The number of rotatable bonds is 5. The largest absolute Gasteiger partial charge is 0.497 e. The molecule has 0 aromatic heterocycles. The Balaban J connectivity index is 1.71. The Kier molecular flexibility index (Phi) is 5.34. The van der Waals surface area contributed by atoms with Crippen molar-refractivity contribution in [1.29, 1.82) is 0 Å². The van der Waals surface area contributed by atoms with Crippen LogP contribution in [-0.4, -0.2) is 57.3 Å². The van der Waals surface area contributed by atoms with Gasteiger partial charge in [-0.15, -0.1) is 0 Å². The number of amides is 1. The van der Waals surface area contributed by atoms with E-state index >= 15 is 0 Å². The van der Waals surface area contributed by atoms with Crippen LogP contribution in [0.4, 0.5) is 0 Å². The normalized spacial score (nSPS) is 24.6. The number of hydrogen-bond acceptors (Lipinski definition) is 5. The summed E-state index contributed by atoms with van der Waals surface area (Å²) in [6, 6.07) is 6.76. The molecule has 0 radical (unpaired) electrons. The fraction of sp³-hybridized carbons (Fsp3) is 0.611. The molecule has 3 rings (SSSR count). The summed E-state index contributed by atoms with van der Waals surface area (Å²) < 4.78 is 30.4. The van der Waals surface area contributed by atoms with Gasteiger partial charge in [0.05, 0.1) is 17.8 Å². The van der Waals surface area contributed by atoms with Gasteiger partial charge in [0.1, 0.15) is 5.75 Å². The monoisotopic (exact) mass is 366 g/mol. The van der Waals surface area contributed by atoms with E-state index in [0.29, 0.717) is 5.75 Å². The minimum absolute atomic E-state index is 0.0340. The molecular weight excluding hydrogens is 340 g/mol. The fourth-order valence-electron chi connectivity index (χ4n) is 3.88. The van der Waals surface area contributed by atoms with Crippen molar-refractivity contribution in [1.82, 2.24) is 10.2 Å². The summed E-state index contributed by atoms with van der Waals surface area (Å²) >= 11 is 0. The first-order valence-corrected chi connectivity index (χ1v) is 10.5. The van der Waals surface area contributed by atoms with Gasteiger partial charge in [0, 0.05) is 24.5 Å². The lowest BCUT2D eigenvalue weighted by Crippen LogP contribution is -2.46. The molecule has 2 fully saturated rings. The van der Waals surface area contributed by atoms with Gasteiger partial charge < -0.3 is 15.0 Å². The summed E-state index contributed by atoms with van der Waals surface area (Å²) in [6.07, 6.45) is 2.97. The van der Waals surface area contributed by atoms with Crippen LogP contribution in [0.2, 0.25) is 0 Å². The van der Waals surface area contributed by atoms with Crippen LogP contribution in [0.25, 0.3) is 0 Å². The number of sulfone groups is 1. The van der Waals surface area contributed by atoms with Crippen LogP contribution in [0.15, 0.2) is 29.2 Å². The summed E-state index contributed by atoms with van der Waals surface area (Å²) in [5.74, 6) is -0.139. The Morgan fingerprint density at radius 1 is 1.24 bits per heavy atom. The maximum atomic E-state index is 12.9. The first-order valence-electron chi connectivity index (χ1n) is 8.82. The minimum atomic E-state index is -3.51. The van der Waals surface area contributed by atoms with Crippen molar-refractivity contribution >= 4 is 15.7 Å². The first kappa shape index (κ1) is 18.2. The molecule has 0 aliphatic carbocycles. The molecule has 2 bridgehead atoms. The van der Waals surface area contributed by atoms with E-state index in [1.54, 1.807) is 19.1 Å². The molecule has 25 heavy (non-hydrogen) atoms. The predicted octanol–water partition coefficient (Wildman–Crippen LogP) is 1.46. The topological polar surface area (TPSA) is 75.7 Å². The van der Waals surface area contributed by atoms with Crippen molar-refractivity contribution in [2.75, 3.05) is 26.0 Å². The lowest BCUT2D eigenvalue weighted by atomic mass is 10.1. The quantitative estimate of drug-likeness (QED) is 0.854. The second-order valence-electron chi connectivity index (χ2n) is 6.98. The first-order chi connectivity index (χ1) is 11.9. The highest BCUT2D eigenvalue weighted by Crippen LogP contribution is 2.30. The van der Waals surface area contributed by atoms with E-state index in [1.165, 1.54) is 19.2 Å². The average Bonchev–Trinajstić information content (AvgIpc) is 2.86. The van der Waals surface area contributed by atoms with Crippen LogP contribution >= 0.6 is 0 Å². The third kappa shape index (κ3) is 3.82. The minimum Gasteiger partial charge on any atom is -0.497 e. The molecule has 6 nitrogen and oxygen atoms in total. The number of hydrogen-bond donors (Lipinski definition) is 1. The highest BCUT2D eigenvalue weighted by atomic mass is 32.2. The van der Waals surface area contributed by atoms with Crippen molar-refractivity contribution in [2.24, 2.45) is 5.92 Å². The number of nitrogens with one attached hydrogen (secondary N) is 1. The fourth-order valence-corrected chi connectivity index (χ4v) is 5.42. The van der Waals surface area contributed by atoms with Gasteiger partial charge >= 0.3 is 0 Å². The van der Waals surface area contributed by atoms with Crippen LogP contribution < -0.4 is 10.1 Å². The second kappa shape index (κ2) is 7.33. The van der Waals surface area contributed by atoms with Crippen LogP contribution in [0.5, 0.6) is 5.75 Å². The third-order valence-electron chi connectivity index (χ3n) is 5.22. The predicted molar refractivity (Wildman–Crippen MR) is 95.4 cm³/mol. The van der Waals surface area contributed by atoms with Crippen LogP contribution in [0, 0.1) is 5.92 Å². The van der Waals surface area contributed by atoms with Crippen molar-refractivity contribution in [3.05, 3.63) is 24.3 Å². The van der Waals surface area contributed by atoms with Crippen molar-refractivity contribution in [3.8, 4) is 5.75 Å². The van der Waals surface area contributed by atoms with Gasteiger partial charge in [-0.2, -0.15) is 0 Å². The zero-order valence-electron chi connectivity index (χ0n) is 14.8. The van der Waals surface area contributed by atoms with Gasteiger partial charge in [0.15, 0.2) is 9.84 Å². The summed E-state index contributed by atoms with van der Waals surface area (Å²) in [4.78, 5) is 15.1.